The number of nitrogens with zero attached hydrogens (tertiary/aromatic N) is 4. The highest BCUT2D eigenvalue weighted by atomic mass is 19.1. The Morgan fingerprint density at radius 2 is 1.34 bits per heavy atom. The van der Waals surface area contributed by atoms with Crippen molar-refractivity contribution in [1.29, 1.82) is 0 Å². The molecule has 3 aromatic heterocycles. The van der Waals surface area contributed by atoms with Crippen molar-refractivity contribution in [2.45, 2.75) is 117 Å². The van der Waals surface area contributed by atoms with Gasteiger partial charge in [0.1, 0.15) is 40.9 Å². The summed E-state index contributed by atoms with van der Waals surface area (Å²) < 4.78 is 50.3. The molecular formula is C62H72F3N9O5. The molecule has 2 unspecified atom stereocenters. The van der Waals surface area contributed by atoms with E-state index in [0.29, 0.717) is 73.0 Å². The van der Waals surface area contributed by atoms with Gasteiger partial charge in [-0.2, -0.15) is 0 Å². The minimum absolute atomic E-state index is 0.00380. The smallest absolute Gasteiger partial charge is 0.270 e. The lowest BCUT2D eigenvalue weighted by Gasteiger charge is -2.29. The molecule has 0 saturated carbocycles. The molecule has 7 aromatic rings. The fourth-order valence-corrected chi connectivity index (χ4v) is 9.48. The number of hydrogen-bond acceptors (Lipinski definition) is 11. The number of carbonyl (C=O) groups excluding carboxylic acids is 3. The number of oxazole rings is 1. The number of anilines is 1. The summed E-state index contributed by atoms with van der Waals surface area (Å²) in [4.78, 5) is 58.5. The Labute approximate surface area is 461 Å². The van der Waals surface area contributed by atoms with E-state index in [4.69, 9.17) is 9.40 Å². The Hall–Kier alpha value is -7.73. The van der Waals surface area contributed by atoms with Gasteiger partial charge < -0.3 is 41.0 Å². The van der Waals surface area contributed by atoms with Crippen LogP contribution in [0.4, 0.5) is 19.0 Å². The number of aliphatic hydroxyl groups excluding tert-OH is 1. The van der Waals surface area contributed by atoms with Gasteiger partial charge in [0.15, 0.2) is 0 Å². The van der Waals surface area contributed by atoms with Gasteiger partial charge >= 0.3 is 0 Å². The minimum Gasteiger partial charge on any atom is -0.443 e. The first kappa shape index (κ1) is 58.9. The van der Waals surface area contributed by atoms with Crippen LogP contribution in [0.1, 0.15) is 124 Å². The molecule has 0 spiro atoms. The molecule has 14 nitrogen and oxygen atoms in total. The first-order chi connectivity index (χ1) is 38.0. The zero-order valence-corrected chi connectivity index (χ0v) is 45.8. The van der Waals surface area contributed by atoms with Gasteiger partial charge in [-0.3, -0.25) is 14.4 Å². The highest BCUT2D eigenvalue weighted by Gasteiger charge is 2.29. The number of carbonyl (C=O) groups is 3. The van der Waals surface area contributed by atoms with E-state index in [9.17, 15) is 28.3 Å². The second-order valence-electron chi connectivity index (χ2n) is 20.5. The number of aromatic nitrogens is 3. The summed E-state index contributed by atoms with van der Waals surface area (Å²) >= 11 is 0. The molecule has 0 radical (unpaired) electrons. The molecule has 0 fully saturated rings. The van der Waals surface area contributed by atoms with Crippen LogP contribution in [0.2, 0.25) is 0 Å². The van der Waals surface area contributed by atoms with Crippen molar-refractivity contribution in [3.8, 4) is 11.6 Å². The van der Waals surface area contributed by atoms with Crippen molar-refractivity contribution in [3.63, 3.8) is 0 Å². The summed E-state index contributed by atoms with van der Waals surface area (Å²) in [6, 6.07) is 30.3. The van der Waals surface area contributed by atoms with Crippen LogP contribution in [-0.4, -0.2) is 82.1 Å². The third kappa shape index (κ3) is 17.4. The summed E-state index contributed by atoms with van der Waals surface area (Å²) in [6.07, 6.45) is 4.71. The zero-order valence-electron chi connectivity index (χ0n) is 45.8. The van der Waals surface area contributed by atoms with Crippen LogP contribution in [0.25, 0.3) is 11.6 Å². The fourth-order valence-electron chi connectivity index (χ4n) is 9.48. The zero-order chi connectivity index (χ0) is 56.5. The lowest BCUT2D eigenvalue weighted by Crippen LogP contribution is -2.48. The Kier molecular flexibility index (Phi) is 21.1. The molecule has 17 heteroatoms. The summed E-state index contributed by atoms with van der Waals surface area (Å²) in [7, 11) is 0. The van der Waals surface area contributed by atoms with Crippen LogP contribution in [0.15, 0.2) is 132 Å². The molecule has 3 atom stereocenters. The molecule has 0 aliphatic rings. The average Bonchev–Trinajstić information content (AvgIpc) is 4.01. The molecule has 79 heavy (non-hydrogen) atoms. The lowest BCUT2D eigenvalue weighted by atomic mass is 9.90. The van der Waals surface area contributed by atoms with Gasteiger partial charge in [-0.1, -0.05) is 81.4 Å². The van der Waals surface area contributed by atoms with E-state index < -0.39 is 58.9 Å². The Bertz CT molecular complexity index is 3110. The largest absolute Gasteiger partial charge is 0.443 e. The maximum absolute atomic E-state index is 15.9. The van der Waals surface area contributed by atoms with Gasteiger partial charge in [0.05, 0.1) is 23.9 Å². The normalized spacial score (nSPS) is 12.6. The standard InChI is InChI=1S/C62H72F3N9O5/c1-7-21-74(22-8-2)57-34-47(58(76)70-52(30-45-28-50(64)36-51(65)29-45)18-19-66-38-43-17-13-16-41(9-3)25-43)32-54(71-57)60(78)73-62(5,6)48-26-44(27-49(63)35-48)31-53(56(75)39-67-37-42-14-11-10-12-15-42)72-59(77)46-24-40(4)69-55(33-46)61-68-20-23-79-61/h10-17,20,23-29,32-36,52-53,56,66-67,75H,7-9,18-19,21-22,30-31,37-39H2,1-6H3,(H,70,76)(H,72,77)(H,73,78)/t52?,53-,56?/m0/s1. The van der Waals surface area contributed by atoms with Gasteiger partial charge in [0, 0.05) is 61.7 Å². The van der Waals surface area contributed by atoms with Crippen molar-refractivity contribution in [3.05, 3.63) is 201 Å². The number of aryl methyl sites for hydroxylation is 2. The molecule has 416 valence electrons. The summed E-state index contributed by atoms with van der Waals surface area (Å²) in [6.45, 7) is 14.1. The highest BCUT2D eigenvalue weighted by Crippen LogP contribution is 2.26. The van der Waals surface area contributed by atoms with E-state index in [-0.39, 0.29) is 42.1 Å². The number of benzene rings is 4. The van der Waals surface area contributed by atoms with Crippen molar-refractivity contribution >= 4 is 23.5 Å². The Morgan fingerprint density at radius 3 is 2.04 bits per heavy atom. The van der Waals surface area contributed by atoms with E-state index in [1.165, 1.54) is 48.4 Å². The van der Waals surface area contributed by atoms with Crippen molar-refractivity contribution in [1.82, 2.24) is 41.5 Å². The van der Waals surface area contributed by atoms with E-state index >= 15 is 4.39 Å². The number of nitrogens with one attached hydrogen (secondary N) is 5. The summed E-state index contributed by atoms with van der Waals surface area (Å²) in [5, 5.41) is 27.5. The van der Waals surface area contributed by atoms with Gasteiger partial charge in [0.2, 0.25) is 5.89 Å². The first-order valence-electron chi connectivity index (χ1n) is 27.0. The molecule has 3 heterocycles. The maximum atomic E-state index is 15.9. The second-order valence-corrected chi connectivity index (χ2v) is 20.5. The van der Waals surface area contributed by atoms with Gasteiger partial charge in [-0.05, 0) is 148 Å². The molecule has 6 N–H and O–H groups in total. The molecule has 0 saturated heterocycles. The molecular weight excluding hydrogens is 1010 g/mol. The average molecular weight is 1080 g/mol. The monoisotopic (exact) mass is 1080 g/mol. The minimum atomic E-state index is -1.24. The van der Waals surface area contributed by atoms with Crippen molar-refractivity contribution in [2.24, 2.45) is 0 Å². The third-order valence-corrected chi connectivity index (χ3v) is 13.5. The number of halogens is 3. The molecule has 3 amide bonds. The number of hydrogen-bond donors (Lipinski definition) is 6. The SMILES string of the molecule is CCCN(CCC)c1cc(C(=O)NC(CCNCc2cccc(CC)c2)Cc2cc(F)cc(F)c2)cc(C(=O)NC(C)(C)c2cc(F)cc(C[C@H](NC(=O)c3cc(C)nc(-c4ncco4)c3)C(O)CNCc3ccccc3)c2)n1. The molecule has 0 aliphatic carbocycles. The number of aliphatic hydroxyl groups is 1. The molecule has 0 aliphatic heterocycles. The fraction of sp³-hybridized carbons (Fsp3) is 0.355. The molecule has 0 bridgehead atoms. The second kappa shape index (κ2) is 28.2. The van der Waals surface area contributed by atoms with E-state index in [1.807, 2.05) is 61.2 Å². The van der Waals surface area contributed by atoms with Crippen molar-refractivity contribution in [2.75, 3.05) is 31.1 Å². The van der Waals surface area contributed by atoms with Crippen LogP contribution in [0, 0.1) is 24.4 Å². The summed E-state index contributed by atoms with van der Waals surface area (Å²) in [5.41, 5.74) is 4.50. The van der Waals surface area contributed by atoms with Gasteiger partial charge in [-0.15, -0.1) is 0 Å². The van der Waals surface area contributed by atoms with Gasteiger partial charge in [0.25, 0.3) is 17.7 Å². The van der Waals surface area contributed by atoms with E-state index in [1.54, 1.807) is 45.0 Å². The molecule has 4 aromatic carbocycles. The van der Waals surface area contributed by atoms with Gasteiger partial charge in [-0.25, -0.2) is 28.1 Å². The van der Waals surface area contributed by atoms with Crippen LogP contribution < -0.4 is 31.5 Å². The van der Waals surface area contributed by atoms with Crippen LogP contribution in [-0.2, 0) is 37.9 Å². The Balaban J connectivity index is 1.13. The third-order valence-electron chi connectivity index (χ3n) is 13.5. The topological polar surface area (TPSA) is 187 Å². The molecule has 7 rings (SSSR count). The first-order valence-corrected chi connectivity index (χ1v) is 27.0. The summed E-state index contributed by atoms with van der Waals surface area (Å²) in [5.74, 6) is -3.06. The number of rotatable bonds is 28. The van der Waals surface area contributed by atoms with Crippen LogP contribution >= 0.6 is 0 Å². The maximum Gasteiger partial charge on any atom is 0.270 e. The Morgan fingerprint density at radius 1 is 0.684 bits per heavy atom. The lowest BCUT2D eigenvalue weighted by molar-refractivity contribution is 0.0828. The predicted octanol–water partition coefficient (Wildman–Crippen LogP) is 9.72. The highest BCUT2D eigenvalue weighted by molar-refractivity contribution is 6.00. The van der Waals surface area contributed by atoms with E-state index in [2.05, 4.69) is 55.6 Å². The number of amides is 3. The predicted molar refractivity (Wildman–Crippen MR) is 301 cm³/mol. The number of pyridine rings is 2. The van der Waals surface area contributed by atoms with E-state index in [0.717, 1.165) is 36.5 Å². The quantitative estimate of drug-likeness (QED) is 0.0257. The van der Waals surface area contributed by atoms with Crippen LogP contribution in [0.5, 0.6) is 0 Å². The van der Waals surface area contributed by atoms with Crippen LogP contribution in [0.3, 0.4) is 0 Å². The van der Waals surface area contributed by atoms with Crippen molar-refractivity contribution < 1.29 is 37.1 Å².